The summed E-state index contributed by atoms with van der Waals surface area (Å²) in [5.41, 5.74) is 4.02. The molecule has 3 rings (SSSR count). The highest BCUT2D eigenvalue weighted by atomic mass is 32.2. The molecule has 0 amide bonds. The summed E-state index contributed by atoms with van der Waals surface area (Å²) in [6, 6.07) is 16.3. The summed E-state index contributed by atoms with van der Waals surface area (Å²) < 4.78 is 3.68. The number of benzene rings is 2. The van der Waals surface area contributed by atoms with Crippen molar-refractivity contribution < 1.29 is 0 Å². The lowest BCUT2D eigenvalue weighted by Crippen LogP contribution is -2.23. The monoisotopic (exact) mass is 441 g/mol. The SMILES string of the molecule is Cc1cccc(-n2nnn(C)c2=O)c1CS/C(=N/CCc1ccccc1)SC(C)C. The van der Waals surface area contributed by atoms with Crippen LogP contribution in [0.25, 0.3) is 5.69 Å². The maximum Gasteiger partial charge on any atom is 0.368 e. The summed E-state index contributed by atoms with van der Waals surface area (Å²) in [6.07, 6.45) is 0.925. The first kappa shape index (κ1) is 22.4. The minimum Gasteiger partial charge on any atom is -0.271 e. The molecule has 1 heterocycles. The van der Waals surface area contributed by atoms with E-state index in [4.69, 9.17) is 4.99 Å². The number of nitrogens with zero attached hydrogens (tertiary/aromatic N) is 5. The van der Waals surface area contributed by atoms with Gasteiger partial charge in [-0.05, 0) is 46.5 Å². The molecular weight excluding hydrogens is 414 g/mol. The van der Waals surface area contributed by atoms with E-state index in [9.17, 15) is 4.79 Å². The van der Waals surface area contributed by atoms with E-state index in [1.165, 1.54) is 14.9 Å². The zero-order valence-electron chi connectivity index (χ0n) is 17.8. The highest BCUT2D eigenvalue weighted by Crippen LogP contribution is 2.28. The molecule has 1 aromatic heterocycles. The first-order chi connectivity index (χ1) is 14.5. The van der Waals surface area contributed by atoms with Crippen LogP contribution in [0.2, 0.25) is 0 Å². The Bertz CT molecular complexity index is 1060. The number of rotatable bonds is 7. The molecule has 0 aliphatic carbocycles. The van der Waals surface area contributed by atoms with Crippen molar-refractivity contribution in [1.82, 2.24) is 19.8 Å². The third kappa shape index (κ3) is 5.86. The number of tetrazole rings is 1. The van der Waals surface area contributed by atoms with Crippen molar-refractivity contribution in [2.45, 2.75) is 38.2 Å². The normalized spacial score (nSPS) is 12.0. The fourth-order valence-electron chi connectivity index (χ4n) is 2.91. The molecule has 8 heteroatoms. The van der Waals surface area contributed by atoms with E-state index in [0.29, 0.717) is 5.25 Å². The van der Waals surface area contributed by atoms with Gasteiger partial charge in [-0.25, -0.2) is 4.79 Å². The number of thioether (sulfide) groups is 2. The van der Waals surface area contributed by atoms with Crippen molar-refractivity contribution in [2.75, 3.05) is 6.54 Å². The Hall–Kier alpha value is -2.32. The summed E-state index contributed by atoms with van der Waals surface area (Å²) in [7, 11) is 1.60. The number of aromatic nitrogens is 4. The zero-order valence-corrected chi connectivity index (χ0v) is 19.4. The fraction of sp³-hybridized carbons (Fsp3) is 0.364. The molecule has 0 saturated heterocycles. The third-order valence-electron chi connectivity index (χ3n) is 4.50. The largest absolute Gasteiger partial charge is 0.368 e. The summed E-state index contributed by atoms with van der Waals surface area (Å²) in [5.74, 6) is 0.717. The molecule has 3 aromatic rings. The van der Waals surface area contributed by atoms with E-state index < -0.39 is 0 Å². The standard InChI is InChI=1S/C22H27N5OS2/c1-16(2)30-21(23-14-13-18-10-6-5-7-11-18)29-15-19-17(3)9-8-12-20(19)27-22(28)26(4)24-25-27/h5-12,16H,13-15H2,1-4H3/b23-21-. The molecule has 0 aliphatic heterocycles. The van der Waals surface area contributed by atoms with Crippen LogP contribution in [-0.2, 0) is 19.2 Å². The molecular formula is C22H27N5OS2. The molecule has 0 atom stereocenters. The van der Waals surface area contributed by atoms with Crippen molar-refractivity contribution in [1.29, 1.82) is 0 Å². The van der Waals surface area contributed by atoms with Gasteiger partial charge in [0.15, 0.2) is 0 Å². The van der Waals surface area contributed by atoms with Crippen molar-refractivity contribution in [2.24, 2.45) is 12.0 Å². The molecule has 0 unspecified atom stereocenters. The molecule has 0 aliphatic rings. The second-order valence-electron chi connectivity index (χ2n) is 7.21. The minimum atomic E-state index is -0.250. The van der Waals surface area contributed by atoms with Gasteiger partial charge in [-0.3, -0.25) is 4.99 Å². The lowest BCUT2D eigenvalue weighted by molar-refractivity contribution is 0.692. The van der Waals surface area contributed by atoms with Gasteiger partial charge in [0.2, 0.25) is 0 Å². The van der Waals surface area contributed by atoms with Crippen LogP contribution >= 0.6 is 23.5 Å². The van der Waals surface area contributed by atoms with E-state index in [1.54, 1.807) is 30.6 Å². The Balaban J connectivity index is 1.77. The van der Waals surface area contributed by atoms with Crippen molar-refractivity contribution >= 4 is 27.9 Å². The Morgan fingerprint density at radius 3 is 2.53 bits per heavy atom. The topological polar surface area (TPSA) is 65.1 Å². The second kappa shape index (κ2) is 10.6. The molecule has 30 heavy (non-hydrogen) atoms. The first-order valence-corrected chi connectivity index (χ1v) is 11.8. The van der Waals surface area contributed by atoms with Gasteiger partial charge >= 0.3 is 5.69 Å². The molecule has 0 bridgehead atoms. The molecule has 0 fully saturated rings. The molecule has 0 spiro atoms. The van der Waals surface area contributed by atoms with Crippen LogP contribution in [0.3, 0.4) is 0 Å². The molecule has 0 N–H and O–H groups in total. The van der Waals surface area contributed by atoms with Crippen LogP contribution < -0.4 is 5.69 Å². The Kier molecular flexibility index (Phi) is 7.93. The number of aliphatic imine (C=N–C) groups is 1. The second-order valence-corrected chi connectivity index (χ2v) is 10.00. The van der Waals surface area contributed by atoms with Crippen LogP contribution in [0, 0.1) is 6.92 Å². The predicted octanol–water partition coefficient (Wildman–Crippen LogP) is 4.25. The van der Waals surface area contributed by atoms with Crippen molar-refractivity contribution in [3.05, 3.63) is 75.7 Å². The van der Waals surface area contributed by atoms with Gasteiger partial charge in [0, 0.05) is 24.6 Å². The molecule has 0 radical (unpaired) electrons. The average molecular weight is 442 g/mol. The van der Waals surface area contributed by atoms with Gasteiger partial charge in [0.25, 0.3) is 0 Å². The van der Waals surface area contributed by atoms with Crippen molar-refractivity contribution in [3.8, 4) is 5.69 Å². The molecule has 0 saturated carbocycles. The quantitative estimate of drug-likeness (QED) is 0.405. The van der Waals surface area contributed by atoms with Gasteiger partial charge in [-0.1, -0.05) is 79.8 Å². The zero-order chi connectivity index (χ0) is 21.5. The number of aryl methyl sites for hydroxylation is 2. The Morgan fingerprint density at radius 2 is 1.87 bits per heavy atom. The van der Waals surface area contributed by atoms with Gasteiger partial charge < -0.3 is 0 Å². The van der Waals surface area contributed by atoms with Crippen molar-refractivity contribution in [3.63, 3.8) is 0 Å². The van der Waals surface area contributed by atoms with Crippen LogP contribution in [0.15, 0.2) is 58.3 Å². The highest BCUT2D eigenvalue weighted by Gasteiger charge is 2.14. The van der Waals surface area contributed by atoms with E-state index in [-0.39, 0.29) is 5.69 Å². The third-order valence-corrected chi connectivity index (χ3v) is 6.75. The summed E-state index contributed by atoms with van der Waals surface area (Å²) >= 11 is 3.50. The molecule has 2 aromatic carbocycles. The predicted molar refractivity (Wildman–Crippen MR) is 128 cm³/mol. The Labute approximate surface area is 185 Å². The highest BCUT2D eigenvalue weighted by molar-refractivity contribution is 8.38. The Morgan fingerprint density at radius 1 is 1.10 bits per heavy atom. The maximum atomic E-state index is 12.4. The van der Waals surface area contributed by atoms with Gasteiger partial charge in [-0.2, -0.15) is 9.36 Å². The summed E-state index contributed by atoms with van der Waals surface area (Å²) in [5, 5.41) is 8.32. The summed E-state index contributed by atoms with van der Waals surface area (Å²) in [4.78, 5) is 17.2. The van der Waals surface area contributed by atoms with Gasteiger partial charge in [-0.15, -0.1) is 0 Å². The number of hydrogen-bond acceptors (Lipinski definition) is 6. The fourth-order valence-corrected chi connectivity index (χ4v) is 5.33. The van der Waals surface area contributed by atoms with Crippen LogP contribution in [0.5, 0.6) is 0 Å². The van der Waals surface area contributed by atoms with E-state index in [1.807, 2.05) is 18.2 Å². The average Bonchev–Trinajstić information content (AvgIpc) is 3.05. The van der Waals surface area contributed by atoms with E-state index >= 15 is 0 Å². The lowest BCUT2D eigenvalue weighted by atomic mass is 10.1. The smallest absolute Gasteiger partial charge is 0.271 e. The lowest BCUT2D eigenvalue weighted by Gasteiger charge is -2.13. The van der Waals surface area contributed by atoms with E-state index in [2.05, 4.69) is 61.5 Å². The van der Waals surface area contributed by atoms with Gasteiger partial charge in [0.1, 0.15) is 4.38 Å². The van der Waals surface area contributed by atoms with Crippen LogP contribution in [0.4, 0.5) is 0 Å². The van der Waals surface area contributed by atoms with Gasteiger partial charge in [0.05, 0.1) is 5.69 Å². The summed E-state index contributed by atoms with van der Waals surface area (Å²) in [6.45, 7) is 7.17. The van der Waals surface area contributed by atoms with Crippen LogP contribution in [0.1, 0.15) is 30.5 Å². The minimum absolute atomic E-state index is 0.250. The molecule has 158 valence electrons. The first-order valence-electron chi connectivity index (χ1n) is 9.91. The maximum absolute atomic E-state index is 12.4. The molecule has 6 nitrogen and oxygen atoms in total. The van der Waals surface area contributed by atoms with E-state index in [0.717, 1.165) is 39.9 Å². The van der Waals surface area contributed by atoms with Crippen LogP contribution in [-0.4, -0.2) is 36.0 Å². The number of hydrogen-bond donors (Lipinski definition) is 0.